The zero-order valence-electron chi connectivity index (χ0n) is 14.7. The molecule has 2 aliphatic carbocycles. The van der Waals surface area contributed by atoms with Crippen LogP contribution in [0.15, 0.2) is 24.8 Å². The first-order valence-corrected chi connectivity index (χ1v) is 8.83. The third-order valence-corrected chi connectivity index (χ3v) is 6.88. The second-order valence-corrected chi connectivity index (χ2v) is 8.57. The van der Waals surface area contributed by atoms with E-state index >= 15 is 0 Å². The Kier molecular flexibility index (Phi) is 4.94. The Morgan fingerprint density at radius 2 is 2.05 bits per heavy atom. The normalized spacial score (nSPS) is 41.6. The fourth-order valence-electron chi connectivity index (χ4n) is 5.34. The van der Waals surface area contributed by atoms with E-state index in [4.69, 9.17) is 0 Å². The molecule has 2 fully saturated rings. The van der Waals surface area contributed by atoms with Gasteiger partial charge in [0, 0.05) is 6.61 Å². The number of aliphatic hydroxyl groups excluding tert-OH is 1. The molecule has 2 rings (SSSR count). The summed E-state index contributed by atoms with van der Waals surface area (Å²) in [6.45, 7) is 14.9. The van der Waals surface area contributed by atoms with E-state index < -0.39 is 5.60 Å². The minimum absolute atomic E-state index is 0.0485. The highest BCUT2D eigenvalue weighted by Gasteiger charge is 2.54. The number of aliphatic hydroxyl groups is 2. The summed E-state index contributed by atoms with van der Waals surface area (Å²) in [7, 11) is 0. The fourth-order valence-corrected chi connectivity index (χ4v) is 5.34. The predicted molar refractivity (Wildman–Crippen MR) is 92.6 cm³/mol. The van der Waals surface area contributed by atoms with Gasteiger partial charge in [0.25, 0.3) is 0 Å². The maximum absolute atomic E-state index is 10.3. The lowest BCUT2D eigenvalue weighted by atomic mass is 9.46. The third-order valence-electron chi connectivity index (χ3n) is 6.88. The van der Waals surface area contributed by atoms with Crippen molar-refractivity contribution in [1.29, 1.82) is 0 Å². The Morgan fingerprint density at radius 1 is 1.36 bits per heavy atom. The molecule has 0 aromatic rings. The van der Waals surface area contributed by atoms with Crippen molar-refractivity contribution in [3.05, 3.63) is 24.8 Å². The van der Waals surface area contributed by atoms with Gasteiger partial charge in [0.15, 0.2) is 0 Å². The van der Waals surface area contributed by atoms with Crippen LogP contribution in [0.1, 0.15) is 65.7 Å². The van der Waals surface area contributed by atoms with Crippen LogP contribution in [0, 0.1) is 22.7 Å². The zero-order valence-corrected chi connectivity index (χ0v) is 14.7. The Hall–Kier alpha value is -0.600. The molecule has 0 bridgehead atoms. The Morgan fingerprint density at radius 3 is 2.64 bits per heavy atom. The first-order valence-electron chi connectivity index (χ1n) is 8.83. The monoisotopic (exact) mass is 306 g/mol. The van der Waals surface area contributed by atoms with E-state index in [9.17, 15) is 10.2 Å². The molecule has 2 aliphatic rings. The highest BCUT2D eigenvalue weighted by atomic mass is 16.3. The van der Waals surface area contributed by atoms with Gasteiger partial charge in [0.1, 0.15) is 0 Å². The molecule has 5 atom stereocenters. The van der Waals surface area contributed by atoms with Crippen LogP contribution >= 0.6 is 0 Å². The summed E-state index contributed by atoms with van der Waals surface area (Å²) in [5, 5.41) is 20.3. The molecule has 2 nitrogen and oxygen atoms in total. The van der Waals surface area contributed by atoms with Gasteiger partial charge in [0.05, 0.1) is 5.60 Å². The quantitative estimate of drug-likeness (QED) is 0.735. The van der Waals surface area contributed by atoms with Gasteiger partial charge in [0.2, 0.25) is 0 Å². The SMILES string of the molecule is C=C[C@@](C)(O)CC[C@H]1C(=C)CC[C@H]2[C@@](C)(CO)CCC[C@@]12C. The van der Waals surface area contributed by atoms with E-state index in [1.807, 2.05) is 6.92 Å². The minimum atomic E-state index is -0.793. The highest BCUT2D eigenvalue weighted by molar-refractivity contribution is 5.16. The Balaban J connectivity index is 2.24. The van der Waals surface area contributed by atoms with Crippen molar-refractivity contribution >= 4 is 0 Å². The Bertz CT molecular complexity index is 439. The second kappa shape index (κ2) is 6.13. The molecule has 2 heteroatoms. The first-order chi connectivity index (χ1) is 10.2. The molecule has 0 amide bonds. The first kappa shape index (κ1) is 17.7. The number of fused-ring (bicyclic) bond motifs is 1. The van der Waals surface area contributed by atoms with Gasteiger partial charge >= 0.3 is 0 Å². The topological polar surface area (TPSA) is 40.5 Å². The Labute approximate surface area is 136 Å². The number of rotatable bonds is 5. The molecule has 0 spiro atoms. The molecular formula is C20H34O2. The molecule has 126 valence electrons. The van der Waals surface area contributed by atoms with Gasteiger partial charge in [-0.25, -0.2) is 0 Å². The summed E-state index contributed by atoms with van der Waals surface area (Å²) in [6, 6.07) is 0. The lowest BCUT2D eigenvalue weighted by Gasteiger charge is -2.58. The van der Waals surface area contributed by atoms with Crippen LogP contribution in [0.2, 0.25) is 0 Å². The van der Waals surface area contributed by atoms with E-state index in [1.54, 1.807) is 6.08 Å². The average molecular weight is 306 g/mol. The summed E-state index contributed by atoms with van der Waals surface area (Å²) >= 11 is 0. The molecule has 0 heterocycles. The molecule has 0 unspecified atom stereocenters. The lowest BCUT2D eigenvalue weighted by molar-refractivity contribution is -0.0885. The zero-order chi connectivity index (χ0) is 16.6. The summed E-state index contributed by atoms with van der Waals surface area (Å²) in [4.78, 5) is 0. The van der Waals surface area contributed by atoms with E-state index in [-0.39, 0.29) is 17.4 Å². The summed E-state index contributed by atoms with van der Waals surface area (Å²) in [6.07, 6.45) is 9.10. The average Bonchev–Trinajstić information content (AvgIpc) is 2.46. The van der Waals surface area contributed by atoms with Gasteiger partial charge in [-0.1, -0.05) is 38.5 Å². The second-order valence-electron chi connectivity index (χ2n) is 8.57. The van der Waals surface area contributed by atoms with Crippen molar-refractivity contribution in [2.24, 2.45) is 22.7 Å². The van der Waals surface area contributed by atoms with Crippen LogP contribution in [0.25, 0.3) is 0 Å². The van der Waals surface area contributed by atoms with E-state index in [0.29, 0.717) is 11.8 Å². The standard InChI is InChI=1S/C20H34O2/c1-6-19(4,22)13-10-16-15(2)8-9-17-18(3,14-21)11-7-12-20(16,17)5/h6,16-17,21-22H,1-2,7-14H2,3-5H3/t16-,17-,18+,19+,20-/m0/s1. The van der Waals surface area contributed by atoms with Gasteiger partial charge in [-0.2, -0.15) is 0 Å². The maximum atomic E-state index is 10.3. The molecule has 2 N–H and O–H groups in total. The van der Waals surface area contributed by atoms with E-state index in [0.717, 1.165) is 32.1 Å². The summed E-state index contributed by atoms with van der Waals surface area (Å²) < 4.78 is 0. The molecule has 0 radical (unpaired) electrons. The lowest BCUT2D eigenvalue weighted by Crippen LogP contribution is -2.52. The highest BCUT2D eigenvalue weighted by Crippen LogP contribution is 2.61. The maximum Gasteiger partial charge on any atom is 0.0797 e. The number of allylic oxidation sites excluding steroid dienone is 1. The smallest absolute Gasteiger partial charge is 0.0797 e. The van der Waals surface area contributed by atoms with Crippen LogP contribution < -0.4 is 0 Å². The largest absolute Gasteiger partial charge is 0.396 e. The van der Waals surface area contributed by atoms with Gasteiger partial charge in [-0.15, -0.1) is 6.58 Å². The number of hydrogen-bond donors (Lipinski definition) is 2. The van der Waals surface area contributed by atoms with Crippen LogP contribution in [0.3, 0.4) is 0 Å². The molecule has 0 aliphatic heterocycles. The molecule has 2 saturated carbocycles. The van der Waals surface area contributed by atoms with Gasteiger partial charge < -0.3 is 10.2 Å². The number of hydrogen-bond acceptors (Lipinski definition) is 2. The van der Waals surface area contributed by atoms with Crippen molar-refractivity contribution in [1.82, 2.24) is 0 Å². The van der Waals surface area contributed by atoms with Crippen LogP contribution in [-0.4, -0.2) is 22.4 Å². The van der Waals surface area contributed by atoms with Crippen molar-refractivity contribution in [3.63, 3.8) is 0 Å². The van der Waals surface area contributed by atoms with Crippen molar-refractivity contribution in [3.8, 4) is 0 Å². The van der Waals surface area contributed by atoms with E-state index in [2.05, 4.69) is 27.0 Å². The van der Waals surface area contributed by atoms with Gasteiger partial charge in [-0.3, -0.25) is 0 Å². The van der Waals surface area contributed by atoms with Crippen LogP contribution in [0.5, 0.6) is 0 Å². The predicted octanol–water partition coefficient (Wildman–Crippen LogP) is 4.47. The van der Waals surface area contributed by atoms with E-state index in [1.165, 1.54) is 18.4 Å². The molecule has 0 saturated heterocycles. The van der Waals surface area contributed by atoms with Crippen LogP contribution in [-0.2, 0) is 0 Å². The molecule has 0 aromatic heterocycles. The van der Waals surface area contributed by atoms with Crippen molar-refractivity contribution in [2.45, 2.75) is 71.3 Å². The molecule has 22 heavy (non-hydrogen) atoms. The minimum Gasteiger partial charge on any atom is -0.396 e. The van der Waals surface area contributed by atoms with Crippen LogP contribution in [0.4, 0.5) is 0 Å². The summed E-state index contributed by atoms with van der Waals surface area (Å²) in [5.41, 5.74) is 0.814. The van der Waals surface area contributed by atoms with Crippen molar-refractivity contribution in [2.75, 3.05) is 6.61 Å². The molecule has 0 aromatic carbocycles. The molecular weight excluding hydrogens is 272 g/mol. The third kappa shape index (κ3) is 3.05. The fraction of sp³-hybridized carbons (Fsp3) is 0.800. The van der Waals surface area contributed by atoms with Gasteiger partial charge in [-0.05, 0) is 68.1 Å². The summed E-state index contributed by atoms with van der Waals surface area (Å²) in [5.74, 6) is 1.01. The van der Waals surface area contributed by atoms with Crippen molar-refractivity contribution < 1.29 is 10.2 Å².